The van der Waals surface area contributed by atoms with Gasteiger partial charge in [-0.15, -0.1) is 0 Å². The first-order valence-corrected chi connectivity index (χ1v) is 8.34. The predicted octanol–water partition coefficient (Wildman–Crippen LogP) is 1.40. The number of sulfone groups is 1. The molecule has 20 heavy (non-hydrogen) atoms. The van der Waals surface area contributed by atoms with Gasteiger partial charge in [-0.1, -0.05) is 23.2 Å². The molecular formula is C11H14Cl2N2O4S. The van der Waals surface area contributed by atoms with E-state index in [4.69, 9.17) is 28.9 Å². The number of rotatable bonds is 5. The van der Waals surface area contributed by atoms with Crippen LogP contribution in [0.3, 0.4) is 0 Å². The second kappa shape index (κ2) is 6.62. The Hall–Kier alpha value is -1.02. The van der Waals surface area contributed by atoms with Gasteiger partial charge in [-0.2, -0.15) is 0 Å². The molecule has 112 valence electrons. The largest absolute Gasteiger partial charge is 0.505 e. The molecule has 0 aromatic heterocycles. The topological polar surface area (TPSA) is 109 Å². The van der Waals surface area contributed by atoms with E-state index in [9.17, 15) is 18.3 Å². The number of anilines is 1. The summed E-state index contributed by atoms with van der Waals surface area (Å²) in [5.74, 6) is -1.03. The van der Waals surface area contributed by atoms with Crippen LogP contribution >= 0.6 is 23.2 Å². The zero-order valence-electron chi connectivity index (χ0n) is 10.6. The second-order valence-corrected chi connectivity index (χ2v) is 7.38. The Morgan fingerprint density at radius 2 is 1.90 bits per heavy atom. The van der Waals surface area contributed by atoms with Gasteiger partial charge in [-0.05, 0) is 18.6 Å². The predicted molar refractivity (Wildman–Crippen MR) is 79.1 cm³/mol. The maximum absolute atomic E-state index is 11.8. The molecule has 0 spiro atoms. The van der Waals surface area contributed by atoms with Gasteiger partial charge < -0.3 is 16.2 Å². The van der Waals surface area contributed by atoms with Crippen LogP contribution in [0.4, 0.5) is 5.69 Å². The van der Waals surface area contributed by atoms with Gasteiger partial charge >= 0.3 is 0 Å². The summed E-state index contributed by atoms with van der Waals surface area (Å²) in [6.07, 6.45) is 1.07. The molecule has 0 aliphatic carbocycles. The van der Waals surface area contributed by atoms with Crippen LogP contribution in [-0.4, -0.2) is 37.5 Å². The summed E-state index contributed by atoms with van der Waals surface area (Å²) >= 11 is 11.4. The van der Waals surface area contributed by atoms with Gasteiger partial charge in [0.2, 0.25) is 5.91 Å². The van der Waals surface area contributed by atoms with Crippen LogP contribution in [0.5, 0.6) is 5.75 Å². The SMILES string of the molecule is CS(=O)(=O)CCC(N)C(=O)Nc1cc(Cl)c(O)c(Cl)c1. The molecule has 0 radical (unpaired) electrons. The number of benzene rings is 1. The zero-order chi connectivity index (χ0) is 15.5. The fourth-order valence-electron chi connectivity index (χ4n) is 1.34. The van der Waals surface area contributed by atoms with Gasteiger partial charge in [0.05, 0.1) is 21.8 Å². The van der Waals surface area contributed by atoms with Gasteiger partial charge in [0, 0.05) is 11.9 Å². The Labute approximate surface area is 126 Å². The average Bonchev–Trinajstić information content (AvgIpc) is 2.31. The maximum Gasteiger partial charge on any atom is 0.241 e. The number of phenolic OH excluding ortho intramolecular Hbond substituents is 1. The van der Waals surface area contributed by atoms with E-state index in [-0.39, 0.29) is 33.7 Å². The Bertz CT molecular complexity index is 596. The maximum atomic E-state index is 11.8. The Kier molecular flexibility index (Phi) is 5.64. The molecule has 0 aliphatic rings. The number of phenols is 1. The summed E-state index contributed by atoms with van der Waals surface area (Å²) < 4.78 is 22.0. The van der Waals surface area contributed by atoms with Crippen molar-refractivity contribution in [1.29, 1.82) is 0 Å². The van der Waals surface area contributed by atoms with Crippen LogP contribution in [0.15, 0.2) is 12.1 Å². The molecule has 0 fully saturated rings. The number of amides is 1. The van der Waals surface area contributed by atoms with Crippen molar-refractivity contribution in [3.8, 4) is 5.75 Å². The number of hydrogen-bond acceptors (Lipinski definition) is 5. The molecule has 4 N–H and O–H groups in total. The first kappa shape index (κ1) is 17.0. The van der Waals surface area contributed by atoms with E-state index in [2.05, 4.69) is 5.32 Å². The smallest absolute Gasteiger partial charge is 0.241 e. The van der Waals surface area contributed by atoms with Crippen LogP contribution in [0.2, 0.25) is 10.0 Å². The van der Waals surface area contributed by atoms with E-state index in [1.54, 1.807) is 0 Å². The molecule has 0 heterocycles. The van der Waals surface area contributed by atoms with E-state index < -0.39 is 21.8 Å². The van der Waals surface area contributed by atoms with Gasteiger partial charge in [-0.3, -0.25) is 4.79 Å². The lowest BCUT2D eigenvalue weighted by Gasteiger charge is -2.12. The number of aromatic hydroxyl groups is 1. The van der Waals surface area contributed by atoms with E-state index >= 15 is 0 Å². The highest BCUT2D eigenvalue weighted by atomic mass is 35.5. The molecule has 1 amide bonds. The minimum Gasteiger partial charge on any atom is -0.505 e. The van der Waals surface area contributed by atoms with Gasteiger partial charge in [0.25, 0.3) is 0 Å². The normalized spacial score (nSPS) is 13.0. The molecule has 0 bridgehead atoms. The Balaban J connectivity index is 2.71. The zero-order valence-corrected chi connectivity index (χ0v) is 12.9. The van der Waals surface area contributed by atoms with E-state index in [0.29, 0.717) is 0 Å². The molecule has 1 unspecified atom stereocenters. The first-order valence-electron chi connectivity index (χ1n) is 5.52. The number of halogens is 2. The monoisotopic (exact) mass is 340 g/mol. The highest BCUT2D eigenvalue weighted by molar-refractivity contribution is 7.90. The molecule has 9 heteroatoms. The first-order chi connectivity index (χ1) is 9.10. The van der Waals surface area contributed by atoms with Crippen molar-refractivity contribution >= 4 is 44.6 Å². The van der Waals surface area contributed by atoms with Gasteiger partial charge in [0.1, 0.15) is 9.84 Å². The minimum absolute atomic E-state index is 0.00418. The number of nitrogens with two attached hydrogens (primary N) is 1. The molecule has 1 rings (SSSR count). The lowest BCUT2D eigenvalue weighted by molar-refractivity contribution is -0.117. The molecular weight excluding hydrogens is 327 g/mol. The molecule has 1 atom stereocenters. The third-order valence-electron chi connectivity index (χ3n) is 2.42. The van der Waals surface area contributed by atoms with Crippen LogP contribution in [0.25, 0.3) is 0 Å². The van der Waals surface area contributed by atoms with Crippen molar-refractivity contribution in [3.63, 3.8) is 0 Å². The Morgan fingerprint density at radius 3 is 2.35 bits per heavy atom. The number of carbonyl (C=O) groups is 1. The van der Waals surface area contributed by atoms with Crippen molar-refractivity contribution in [2.75, 3.05) is 17.3 Å². The molecule has 0 aliphatic heterocycles. The van der Waals surface area contributed by atoms with Gasteiger partial charge in [0.15, 0.2) is 5.75 Å². The van der Waals surface area contributed by atoms with E-state index in [1.165, 1.54) is 12.1 Å². The third-order valence-corrected chi connectivity index (χ3v) is 3.97. The second-order valence-electron chi connectivity index (χ2n) is 4.30. The van der Waals surface area contributed by atoms with Crippen LogP contribution in [-0.2, 0) is 14.6 Å². The van der Waals surface area contributed by atoms with Crippen molar-refractivity contribution < 1.29 is 18.3 Å². The summed E-state index contributed by atoms with van der Waals surface area (Å²) in [6, 6.07) is 1.64. The standard InChI is InChI=1S/C11H14Cl2N2O4S/c1-20(18,19)3-2-9(14)11(17)15-6-4-7(12)10(16)8(13)5-6/h4-5,9,16H,2-3,14H2,1H3,(H,15,17). The third kappa shape index (κ3) is 5.16. The Morgan fingerprint density at radius 1 is 1.40 bits per heavy atom. The molecule has 1 aromatic carbocycles. The summed E-state index contributed by atoms with van der Waals surface area (Å²) in [7, 11) is -3.18. The van der Waals surface area contributed by atoms with Gasteiger partial charge in [-0.25, -0.2) is 8.42 Å². The van der Waals surface area contributed by atoms with Crippen molar-refractivity contribution in [2.45, 2.75) is 12.5 Å². The lowest BCUT2D eigenvalue weighted by atomic mass is 10.2. The highest BCUT2D eigenvalue weighted by Gasteiger charge is 2.17. The minimum atomic E-state index is -3.18. The summed E-state index contributed by atoms with van der Waals surface area (Å²) in [4.78, 5) is 11.8. The summed E-state index contributed by atoms with van der Waals surface area (Å²) in [5.41, 5.74) is 5.85. The molecule has 1 aromatic rings. The summed E-state index contributed by atoms with van der Waals surface area (Å²) in [6.45, 7) is 0. The van der Waals surface area contributed by atoms with Crippen LogP contribution in [0, 0.1) is 0 Å². The highest BCUT2D eigenvalue weighted by Crippen LogP contribution is 2.34. The van der Waals surface area contributed by atoms with Crippen LogP contribution < -0.4 is 11.1 Å². The quantitative estimate of drug-likeness (QED) is 0.702. The van der Waals surface area contributed by atoms with Crippen molar-refractivity contribution in [1.82, 2.24) is 0 Å². The summed E-state index contributed by atoms with van der Waals surface area (Å²) in [5, 5.41) is 11.8. The molecule has 0 saturated carbocycles. The number of carbonyl (C=O) groups excluding carboxylic acids is 1. The molecule has 6 nitrogen and oxygen atoms in total. The number of hydrogen-bond donors (Lipinski definition) is 3. The van der Waals surface area contributed by atoms with Crippen molar-refractivity contribution in [3.05, 3.63) is 22.2 Å². The fraction of sp³-hybridized carbons (Fsp3) is 0.364. The number of nitrogens with one attached hydrogen (secondary N) is 1. The fourth-order valence-corrected chi connectivity index (χ4v) is 2.51. The van der Waals surface area contributed by atoms with E-state index in [0.717, 1.165) is 6.26 Å². The lowest BCUT2D eigenvalue weighted by Crippen LogP contribution is -2.37. The molecule has 0 saturated heterocycles. The average molecular weight is 341 g/mol. The van der Waals surface area contributed by atoms with E-state index in [1.807, 2.05) is 0 Å². The van der Waals surface area contributed by atoms with Crippen molar-refractivity contribution in [2.24, 2.45) is 5.73 Å². The van der Waals surface area contributed by atoms with Crippen LogP contribution in [0.1, 0.15) is 6.42 Å².